The molecular weight excluding hydrogens is 298 g/mol. The van der Waals surface area contributed by atoms with Crippen molar-refractivity contribution in [1.82, 2.24) is 4.90 Å². The largest absolute Gasteiger partial charge is 0.445 e. The zero-order valence-corrected chi connectivity index (χ0v) is 13.8. The highest BCUT2D eigenvalue weighted by atomic mass is 16.6. The number of likely N-dealkylation sites (tertiary alicyclic amines) is 1. The fraction of sp³-hybridized carbons (Fsp3) is 0.286. The molecule has 1 saturated heterocycles. The quantitative estimate of drug-likeness (QED) is 0.813. The van der Waals surface area contributed by atoms with Gasteiger partial charge in [0, 0.05) is 13.1 Å². The fourth-order valence-corrected chi connectivity index (χ4v) is 2.95. The Bertz CT molecular complexity index is 667. The number of carbonyl (C=O) groups is 1. The average Bonchev–Trinajstić information content (AvgIpc) is 2.66. The van der Waals surface area contributed by atoms with E-state index in [9.17, 15) is 4.79 Å². The first-order valence-electron chi connectivity index (χ1n) is 8.50. The van der Waals surface area contributed by atoms with Crippen LogP contribution in [0.4, 0.5) is 4.79 Å². The Morgan fingerprint density at radius 2 is 1.79 bits per heavy atom. The number of carbonyl (C=O) groups excluding carboxylic acids is 1. The number of piperidine rings is 1. The van der Waals surface area contributed by atoms with Crippen molar-refractivity contribution in [2.75, 3.05) is 13.1 Å². The van der Waals surface area contributed by atoms with Gasteiger partial charge in [0.05, 0.1) is 0 Å². The molecule has 2 aromatic carbocycles. The zero-order chi connectivity index (χ0) is 16.6. The summed E-state index contributed by atoms with van der Waals surface area (Å²) >= 11 is 0. The average molecular weight is 321 g/mol. The first-order chi connectivity index (χ1) is 11.8. The van der Waals surface area contributed by atoms with Crippen molar-refractivity contribution >= 4 is 12.2 Å². The predicted molar refractivity (Wildman–Crippen MR) is 96.4 cm³/mol. The van der Waals surface area contributed by atoms with Crippen molar-refractivity contribution in [1.29, 1.82) is 0 Å². The Morgan fingerprint density at radius 3 is 2.54 bits per heavy atom. The SMILES string of the molecule is O=C(OCc1ccccc1)N1CCCC(/C=C/c2ccccc2)C1. The number of nitrogens with zero attached hydrogens (tertiary/aromatic N) is 1. The molecule has 3 heteroatoms. The van der Waals surface area contributed by atoms with E-state index in [0.717, 1.165) is 31.5 Å². The van der Waals surface area contributed by atoms with Gasteiger partial charge >= 0.3 is 6.09 Å². The molecule has 1 fully saturated rings. The van der Waals surface area contributed by atoms with Gasteiger partial charge < -0.3 is 9.64 Å². The van der Waals surface area contributed by atoms with Crippen molar-refractivity contribution in [3.05, 3.63) is 77.9 Å². The molecule has 0 bridgehead atoms. The summed E-state index contributed by atoms with van der Waals surface area (Å²) in [5.74, 6) is 0.392. The van der Waals surface area contributed by atoms with Gasteiger partial charge in [0.15, 0.2) is 0 Å². The summed E-state index contributed by atoms with van der Waals surface area (Å²) in [6.07, 6.45) is 6.28. The molecule has 0 aromatic heterocycles. The minimum Gasteiger partial charge on any atom is -0.445 e. The maximum Gasteiger partial charge on any atom is 0.410 e. The van der Waals surface area contributed by atoms with E-state index in [2.05, 4.69) is 24.3 Å². The van der Waals surface area contributed by atoms with Gasteiger partial charge in [-0.1, -0.05) is 72.8 Å². The second kappa shape index (κ2) is 8.34. The molecule has 1 aliphatic rings. The lowest BCUT2D eigenvalue weighted by atomic mass is 9.97. The van der Waals surface area contributed by atoms with Gasteiger partial charge in [-0.15, -0.1) is 0 Å². The lowest BCUT2D eigenvalue weighted by molar-refractivity contribution is 0.0836. The Hall–Kier alpha value is -2.55. The second-order valence-electron chi connectivity index (χ2n) is 6.16. The van der Waals surface area contributed by atoms with Crippen LogP contribution in [0.3, 0.4) is 0 Å². The van der Waals surface area contributed by atoms with E-state index in [1.807, 2.05) is 53.4 Å². The molecule has 0 saturated carbocycles. The Balaban J connectivity index is 1.51. The maximum atomic E-state index is 12.3. The molecule has 0 aliphatic carbocycles. The summed E-state index contributed by atoms with van der Waals surface area (Å²) < 4.78 is 5.44. The van der Waals surface area contributed by atoms with Crippen LogP contribution in [0.5, 0.6) is 0 Å². The third-order valence-electron chi connectivity index (χ3n) is 4.28. The van der Waals surface area contributed by atoms with E-state index < -0.39 is 0 Å². The molecule has 3 rings (SSSR count). The van der Waals surface area contributed by atoms with E-state index in [1.54, 1.807) is 0 Å². The van der Waals surface area contributed by atoms with E-state index in [0.29, 0.717) is 12.5 Å². The van der Waals surface area contributed by atoms with E-state index in [-0.39, 0.29) is 6.09 Å². The number of benzene rings is 2. The van der Waals surface area contributed by atoms with Crippen LogP contribution < -0.4 is 0 Å². The molecule has 0 N–H and O–H groups in total. The molecule has 3 nitrogen and oxygen atoms in total. The van der Waals surface area contributed by atoms with Crippen LogP contribution in [-0.4, -0.2) is 24.1 Å². The van der Waals surface area contributed by atoms with Gasteiger partial charge in [-0.05, 0) is 29.9 Å². The molecular formula is C21H23NO2. The molecule has 1 amide bonds. The molecule has 1 unspecified atom stereocenters. The smallest absolute Gasteiger partial charge is 0.410 e. The van der Waals surface area contributed by atoms with Gasteiger partial charge in [0.2, 0.25) is 0 Å². The molecule has 0 spiro atoms. The summed E-state index contributed by atoms with van der Waals surface area (Å²) in [6.45, 7) is 1.85. The van der Waals surface area contributed by atoms with Crippen molar-refractivity contribution in [2.24, 2.45) is 5.92 Å². The van der Waals surface area contributed by atoms with E-state index in [1.165, 1.54) is 5.56 Å². The lowest BCUT2D eigenvalue weighted by Crippen LogP contribution is -2.39. The third-order valence-corrected chi connectivity index (χ3v) is 4.28. The van der Waals surface area contributed by atoms with Crippen molar-refractivity contribution in [2.45, 2.75) is 19.4 Å². The van der Waals surface area contributed by atoms with Crippen LogP contribution in [-0.2, 0) is 11.3 Å². The summed E-state index contributed by atoms with van der Waals surface area (Å²) in [5.41, 5.74) is 2.21. The van der Waals surface area contributed by atoms with Gasteiger partial charge in [-0.25, -0.2) is 4.79 Å². The fourth-order valence-electron chi connectivity index (χ4n) is 2.95. The highest BCUT2D eigenvalue weighted by Gasteiger charge is 2.23. The highest BCUT2D eigenvalue weighted by molar-refractivity contribution is 5.67. The molecule has 1 atom stereocenters. The molecule has 0 radical (unpaired) electrons. The van der Waals surface area contributed by atoms with Crippen LogP contribution in [0.1, 0.15) is 24.0 Å². The summed E-state index contributed by atoms with van der Waals surface area (Å²) in [5, 5.41) is 0. The van der Waals surface area contributed by atoms with Crippen LogP contribution in [0.25, 0.3) is 6.08 Å². The number of hydrogen-bond donors (Lipinski definition) is 0. The summed E-state index contributed by atoms with van der Waals surface area (Å²) in [7, 11) is 0. The minimum absolute atomic E-state index is 0.211. The van der Waals surface area contributed by atoms with Crippen molar-refractivity contribution in [3.8, 4) is 0 Å². The molecule has 1 aliphatic heterocycles. The van der Waals surface area contributed by atoms with Gasteiger partial charge in [-0.2, -0.15) is 0 Å². The third kappa shape index (κ3) is 4.72. The minimum atomic E-state index is -0.211. The van der Waals surface area contributed by atoms with Crippen molar-refractivity contribution in [3.63, 3.8) is 0 Å². The lowest BCUT2D eigenvalue weighted by Gasteiger charge is -2.30. The molecule has 2 aromatic rings. The number of rotatable bonds is 4. The van der Waals surface area contributed by atoms with Crippen molar-refractivity contribution < 1.29 is 9.53 Å². The maximum absolute atomic E-state index is 12.3. The van der Waals surface area contributed by atoms with Gasteiger partial charge in [0.25, 0.3) is 0 Å². The van der Waals surface area contributed by atoms with Gasteiger partial charge in [-0.3, -0.25) is 0 Å². The molecule has 1 heterocycles. The predicted octanol–water partition coefficient (Wildman–Crippen LogP) is 4.75. The first-order valence-corrected chi connectivity index (χ1v) is 8.50. The molecule has 24 heavy (non-hydrogen) atoms. The van der Waals surface area contributed by atoms with Crippen LogP contribution in [0.15, 0.2) is 66.7 Å². The van der Waals surface area contributed by atoms with Gasteiger partial charge in [0.1, 0.15) is 6.61 Å². The molecule has 124 valence electrons. The first kappa shape index (κ1) is 16.3. The Kier molecular flexibility index (Phi) is 5.67. The summed E-state index contributed by atoms with van der Waals surface area (Å²) in [6, 6.07) is 20.1. The topological polar surface area (TPSA) is 29.5 Å². The highest BCUT2D eigenvalue weighted by Crippen LogP contribution is 2.20. The van der Waals surface area contributed by atoms with E-state index >= 15 is 0 Å². The standard InChI is InChI=1S/C21H23NO2/c23-21(24-17-20-10-5-2-6-11-20)22-15-7-12-19(16-22)14-13-18-8-3-1-4-9-18/h1-6,8-11,13-14,19H,7,12,15-17H2/b14-13+. The zero-order valence-electron chi connectivity index (χ0n) is 13.8. The number of hydrogen-bond acceptors (Lipinski definition) is 2. The number of amides is 1. The monoisotopic (exact) mass is 321 g/mol. The summed E-state index contributed by atoms with van der Waals surface area (Å²) in [4.78, 5) is 14.1. The Labute approximate surface area is 143 Å². The van der Waals surface area contributed by atoms with E-state index in [4.69, 9.17) is 4.74 Å². The number of ether oxygens (including phenoxy) is 1. The Morgan fingerprint density at radius 1 is 1.08 bits per heavy atom. The normalized spacial score (nSPS) is 17.8. The van der Waals surface area contributed by atoms with Crippen LogP contribution >= 0.6 is 0 Å². The van der Waals surface area contributed by atoms with Crippen LogP contribution in [0.2, 0.25) is 0 Å². The van der Waals surface area contributed by atoms with Crippen LogP contribution in [0, 0.1) is 5.92 Å². The second-order valence-corrected chi connectivity index (χ2v) is 6.16.